The maximum Gasteiger partial charge on any atom is 0.573 e. The summed E-state index contributed by atoms with van der Waals surface area (Å²) in [6.45, 7) is 0. The van der Waals surface area contributed by atoms with Gasteiger partial charge in [0.1, 0.15) is 12.0 Å². The molecule has 2 aromatic rings. The summed E-state index contributed by atoms with van der Waals surface area (Å²) in [5.41, 5.74) is 0.299. The first-order chi connectivity index (χ1) is 10.3. The fourth-order valence-electron chi connectivity index (χ4n) is 1.86. The molecular weight excluding hydrogens is 322 g/mol. The number of alkyl halides is 4. The summed E-state index contributed by atoms with van der Waals surface area (Å²) in [5.74, 6) is -0.433. The van der Waals surface area contributed by atoms with Crippen LogP contribution in [-0.2, 0) is 11.2 Å². The zero-order valence-corrected chi connectivity index (χ0v) is 12.1. The summed E-state index contributed by atoms with van der Waals surface area (Å²) in [5, 5.41) is 0. The van der Waals surface area contributed by atoms with Crippen LogP contribution in [0.3, 0.4) is 0 Å². The second kappa shape index (κ2) is 6.53. The van der Waals surface area contributed by atoms with Crippen LogP contribution in [0, 0.1) is 0 Å². The van der Waals surface area contributed by atoms with Crippen molar-refractivity contribution in [2.45, 2.75) is 17.4 Å². The zero-order chi connectivity index (χ0) is 16.3. The molecule has 2 unspecified atom stereocenters. The molecule has 0 saturated heterocycles. The standard InChI is InChI=1S/C14H11F4NO2S/c1-22(20)12-8-19-7-6-11(12)13(15)9-2-4-10(5-3-9)21-14(16,17)18/h2-8,13H,1H3. The number of nitrogens with zero attached hydrogens (tertiary/aromatic N) is 1. The Labute approximate surface area is 127 Å². The van der Waals surface area contributed by atoms with Gasteiger partial charge in [-0.15, -0.1) is 13.2 Å². The molecule has 2 atom stereocenters. The highest BCUT2D eigenvalue weighted by atomic mass is 32.2. The lowest BCUT2D eigenvalue weighted by atomic mass is 10.0. The number of hydrogen-bond donors (Lipinski definition) is 0. The molecule has 0 aliphatic carbocycles. The maximum absolute atomic E-state index is 14.5. The monoisotopic (exact) mass is 333 g/mol. The molecule has 2 rings (SSSR count). The van der Waals surface area contributed by atoms with Crippen molar-refractivity contribution in [2.75, 3.05) is 6.26 Å². The van der Waals surface area contributed by atoms with E-state index in [1.807, 2.05) is 0 Å². The molecule has 0 N–H and O–H groups in total. The lowest BCUT2D eigenvalue weighted by Gasteiger charge is -2.14. The van der Waals surface area contributed by atoms with Crippen molar-refractivity contribution < 1.29 is 26.9 Å². The van der Waals surface area contributed by atoms with Crippen LogP contribution in [0.15, 0.2) is 47.6 Å². The van der Waals surface area contributed by atoms with Gasteiger partial charge in [-0.05, 0) is 34.9 Å². The molecule has 118 valence electrons. The molecule has 3 nitrogen and oxygen atoms in total. The van der Waals surface area contributed by atoms with E-state index in [-0.39, 0.29) is 16.0 Å². The van der Waals surface area contributed by atoms with Crippen LogP contribution in [0.2, 0.25) is 0 Å². The predicted molar refractivity (Wildman–Crippen MR) is 72.6 cm³/mol. The summed E-state index contributed by atoms with van der Waals surface area (Å²) in [6, 6.07) is 5.82. The highest BCUT2D eigenvalue weighted by Gasteiger charge is 2.31. The zero-order valence-electron chi connectivity index (χ0n) is 11.3. The van der Waals surface area contributed by atoms with Gasteiger partial charge in [0.15, 0.2) is 11.1 Å². The largest absolute Gasteiger partial charge is 0.612 e. The average Bonchev–Trinajstić information content (AvgIpc) is 2.45. The minimum atomic E-state index is -4.80. The Morgan fingerprint density at radius 1 is 1.18 bits per heavy atom. The van der Waals surface area contributed by atoms with Crippen LogP contribution in [0.4, 0.5) is 17.6 Å². The first-order valence-electron chi connectivity index (χ1n) is 6.05. The molecule has 0 spiro atoms. The summed E-state index contributed by atoms with van der Waals surface area (Å²) in [4.78, 5) is 4.03. The fourth-order valence-corrected chi connectivity index (χ4v) is 2.57. The third-order valence-electron chi connectivity index (χ3n) is 2.81. The van der Waals surface area contributed by atoms with Gasteiger partial charge in [0.05, 0.1) is 6.20 Å². The van der Waals surface area contributed by atoms with E-state index in [4.69, 9.17) is 0 Å². The van der Waals surface area contributed by atoms with E-state index in [0.717, 1.165) is 12.1 Å². The summed E-state index contributed by atoms with van der Waals surface area (Å²) >= 11 is -1.43. The number of ether oxygens (including phenoxy) is 1. The van der Waals surface area contributed by atoms with Gasteiger partial charge in [0.25, 0.3) is 0 Å². The Balaban J connectivity index is 2.25. The van der Waals surface area contributed by atoms with Gasteiger partial charge in [-0.1, -0.05) is 12.1 Å². The van der Waals surface area contributed by atoms with E-state index in [0.29, 0.717) is 0 Å². The maximum atomic E-state index is 14.5. The van der Waals surface area contributed by atoms with Gasteiger partial charge in [-0.2, -0.15) is 0 Å². The molecule has 0 aliphatic heterocycles. The van der Waals surface area contributed by atoms with E-state index >= 15 is 0 Å². The van der Waals surface area contributed by atoms with Crippen LogP contribution in [0.25, 0.3) is 0 Å². The Kier molecular flexibility index (Phi) is 4.92. The van der Waals surface area contributed by atoms with Crippen LogP contribution in [0.5, 0.6) is 5.75 Å². The third-order valence-corrected chi connectivity index (χ3v) is 3.77. The molecule has 1 aromatic carbocycles. The Hall–Kier alpha value is -1.80. The quantitative estimate of drug-likeness (QED) is 0.632. The van der Waals surface area contributed by atoms with Gasteiger partial charge in [-0.25, -0.2) is 4.39 Å². The van der Waals surface area contributed by atoms with Crippen LogP contribution in [0.1, 0.15) is 17.3 Å². The van der Waals surface area contributed by atoms with Crippen molar-refractivity contribution >= 4 is 11.2 Å². The predicted octanol–water partition coefficient (Wildman–Crippen LogP) is 3.78. The minimum absolute atomic E-state index is 0.132. The molecule has 8 heteroatoms. The van der Waals surface area contributed by atoms with E-state index in [2.05, 4.69) is 9.72 Å². The van der Waals surface area contributed by atoms with Gasteiger partial charge in [0.2, 0.25) is 0 Å². The lowest BCUT2D eigenvalue weighted by Crippen LogP contribution is -2.17. The molecule has 0 bridgehead atoms. The van der Waals surface area contributed by atoms with Gasteiger partial charge >= 0.3 is 6.36 Å². The number of rotatable bonds is 4. The van der Waals surface area contributed by atoms with Gasteiger partial charge < -0.3 is 9.29 Å². The molecule has 0 aliphatic rings. The smallest absolute Gasteiger partial charge is 0.573 e. The van der Waals surface area contributed by atoms with Crippen molar-refractivity contribution in [3.63, 3.8) is 0 Å². The number of pyridine rings is 1. The van der Waals surface area contributed by atoms with E-state index in [1.54, 1.807) is 0 Å². The molecular formula is C14H11F4NO2S. The summed E-state index contributed by atoms with van der Waals surface area (Å²) in [6.07, 6.45) is -2.36. The molecule has 22 heavy (non-hydrogen) atoms. The Morgan fingerprint density at radius 2 is 1.82 bits per heavy atom. The van der Waals surface area contributed by atoms with E-state index in [9.17, 15) is 22.1 Å². The second-order valence-electron chi connectivity index (χ2n) is 4.35. The lowest BCUT2D eigenvalue weighted by molar-refractivity contribution is -0.274. The van der Waals surface area contributed by atoms with Gasteiger partial charge in [0, 0.05) is 11.8 Å². The van der Waals surface area contributed by atoms with E-state index < -0.39 is 29.5 Å². The highest BCUT2D eigenvalue weighted by Crippen LogP contribution is 2.32. The van der Waals surface area contributed by atoms with Crippen LogP contribution < -0.4 is 4.74 Å². The normalized spacial score (nSPS) is 14.5. The topological polar surface area (TPSA) is 45.2 Å². The number of hydrogen-bond acceptors (Lipinski definition) is 3. The first-order valence-corrected chi connectivity index (χ1v) is 7.61. The van der Waals surface area contributed by atoms with Crippen molar-refractivity contribution in [1.82, 2.24) is 4.98 Å². The van der Waals surface area contributed by atoms with Gasteiger partial charge in [-0.3, -0.25) is 4.98 Å². The molecule has 0 radical (unpaired) electrons. The number of benzene rings is 1. The number of aromatic nitrogens is 1. The molecule has 0 saturated carbocycles. The molecule has 0 amide bonds. The summed E-state index contributed by atoms with van der Waals surface area (Å²) in [7, 11) is 0. The van der Waals surface area contributed by atoms with Crippen LogP contribution in [-0.4, -0.2) is 22.2 Å². The Bertz CT molecular complexity index is 631. The average molecular weight is 333 g/mol. The second-order valence-corrected chi connectivity index (χ2v) is 5.70. The first kappa shape index (κ1) is 16.6. The third kappa shape index (κ3) is 4.11. The minimum Gasteiger partial charge on any atom is -0.612 e. The fraction of sp³-hybridized carbons (Fsp3) is 0.214. The number of halogens is 4. The highest BCUT2D eigenvalue weighted by molar-refractivity contribution is 7.90. The van der Waals surface area contributed by atoms with Crippen LogP contribution >= 0.6 is 0 Å². The van der Waals surface area contributed by atoms with Crippen molar-refractivity contribution in [3.8, 4) is 5.75 Å². The molecule has 0 fully saturated rings. The van der Waals surface area contributed by atoms with Crippen molar-refractivity contribution in [1.29, 1.82) is 0 Å². The molecule has 1 heterocycles. The Morgan fingerprint density at radius 3 is 2.36 bits per heavy atom. The molecule has 1 aromatic heterocycles. The van der Waals surface area contributed by atoms with Crippen molar-refractivity contribution in [2.24, 2.45) is 0 Å². The SMILES string of the molecule is C[S+]([O-])c1cnccc1C(F)c1ccc(OC(F)(F)F)cc1. The summed E-state index contributed by atoms with van der Waals surface area (Å²) < 4.78 is 66.0. The van der Waals surface area contributed by atoms with E-state index in [1.165, 1.54) is 36.8 Å². The van der Waals surface area contributed by atoms with Crippen molar-refractivity contribution in [3.05, 3.63) is 53.9 Å².